The third-order valence-electron chi connectivity index (χ3n) is 3.33. The van der Waals surface area contributed by atoms with E-state index in [1.54, 1.807) is 12.1 Å². The molecule has 0 aliphatic heterocycles. The third kappa shape index (κ3) is 3.44. The average molecular weight is 298 g/mol. The number of phenols is 1. The summed E-state index contributed by atoms with van der Waals surface area (Å²) in [6, 6.07) is 10.4. The van der Waals surface area contributed by atoms with Gasteiger partial charge in [-0.15, -0.1) is 0 Å². The molecule has 2 aromatic rings. The van der Waals surface area contributed by atoms with E-state index in [0.29, 0.717) is 5.69 Å². The number of nitrogens with one attached hydrogen (secondary N) is 2. The number of benzene rings is 2. The van der Waals surface area contributed by atoms with Crippen molar-refractivity contribution in [1.82, 2.24) is 0 Å². The SMILES string of the molecule is Cc1ccc(O)c(NC(=O)C(=O)Nc2c(C)cccc2C)c1. The van der Waals surface area contributed by atoms with Crippen molar-refractivity contribution in [3.63, 3.8) is 0 Å². The van der Waals surface area contributed by atoms with Crippen molar-refractivity contribution in [2.24, 2.45) is 0 Å². The molecule has 0 fully saturated rings. The number of hydrogen-bond acceptors (Lipinski definition) is 3. The number of anilines is 2. The van der Waals surface area contributed by atoms with E-state index in [9.17, 15) is 14.7 Å². The standard InChI is InChI=1S/C17H18N2O3/c1-10-7-8-14(20)13(9-10)18-16(21)17(22)19-15-11(2)5-4-6-12(15)3/h4-9,20H,1-3H3,(H,18,21)(H,19,22). The molecule has 22 heavy (non-hydrogen) atoms. The van der Waals surface area contributed by atoms with E-state index < -0.39 is 11.8 Å². The van der Waals surface area contributed by atoms with Crippen LogP contribution in [0.5, 0.6) is 5.75 Å². The van der Waals surface area contributed by atoms with Gasteiger partial charge in [0.05, 0.1) is 5.69 Å². The van der Waals surface area contributed by atoms with Crippen LogP contribution >= 0.6 is 0 Å². The first-order valence-corrected chi connectivity index (χ1v) is 6.86. The van der Waals surface area contributed by atoms with Crippen LogP contribution in [0.1, 0.15) is 16.7 Å². The minimum absolute atomic E-state index is 0.0844. The van der Waals surface area contributed by atoms with Gasteiger partial charge in [-0.1, -0.05) is 24.3 Å². The van der Waals surface area contributed by atoms with E-state index in [4.69, 9.17) is 0 Å². The summed E-state index contributed by atoms with van der Waals surface area (Å²) in [6.07, 6.45) is 0. The average Bonchev–Trinajstić information content (AvgIpc) is 2.46. The molecule has 2 rings (SSSR count). The van der Waals surface area contributed by atoms with Crippen LogP contribution in [0.4, 0.5) is 11.4 Å². The fraction of sp³-hybridized carbons (Fsp3) is 0.176. The predicted octanol–water partition coefficient (Wildman–Crippen LogP) is 2.89. The van der Waals surface area contributed by atoms with Crippen LogP contribution in [-0.2, 0) is 9.59 Å². The van der Waals surface area contributed by atoms with Gasteiger partial charge in [0.25, 0.3) is 0 Å². The van der Waals surface area contributed by atoms with Gasteiger partial charge in [0, 0.05) is 5.69 Å². The molecule has 0 atom stereocenters. The number of aromatic hydroxyl groups is 1. The molecule has 0 spiro atoms. The van der Waals surface area contributed by atoms with Crippen molar-refractivity contribution in [1.29, 1.82) is 0 Å². The van der Waals surface area contributed by atoms with Crippen molar-refractivity contribution in [3.8, 4) is 5.75 Å². The monoisotopic (exact) mass is 298 g/mol. The summed E-state index contributed by atoms with van der Waals surface area (Å²) < 4.78 is 0. The van der Waals surface area contributed by atoms with Crippen molar-refractivity contribution < 1.29 is 14.7 Å². The highest BCUT2D eigenvalue weighted by atomic mass is 16.3. The first-order valence-electron chi connectivity index (χ1n) is 6.86. The van der Waals surface area contributed by atoms with Gasteiger partial charge < -0.3 is 15.7 Å². The Labute approximate surface area is 129 Å². The number of aryl methyl sites for hydroxylation is 3. The Morgan fingerprint density at radius 1 is 0.909 bits per heavy atom. The van der Waals surface area contributed by atoms with Crippen LogP contribution in [0.25, 0.3) is 0 Å². The number of carbonyl (C=O) groups excluding carboxylic acids is 2. The molecule has 0 aromatic heterocycles. The van der Waals surface area contributed by atoms with Crippen molar-refractivity contribution in [2.75, 3.05) is 10.6 Å². The summed E-state index contributed by atoms with van der Waals surface area (Å²) in [5.41, 5.74) is 3.44. The van der Waals surface area contributed by atoms with Crippen LogP contribution in [0.3, 0.4) is 0 Å². The second kappa shape index (κ2) is 6.30. The van der Waals surface area contributed by atoms with Gasteiger partial charge in [-0.25, -0.2) is 0 Å². The van der Waals surface area contributed by atoms with Gasteiger partial charge in [-0.3, -0.25) is 9.59 Å². The Bertz CT molecular complexity index is 718. The number of rotatable bonds is 2. The third-order valence-corrected chi connectivity index (χ3v) is 3.33. The van der Waals surface area contributed by atoms with E-state index in [2.05, 4.69) is 10.6 Å². The molecule has 2 aromatic carbocycles. The maximum Gasteiger partial charge on any atom is 0.314 e. The maximum absolute atomic E-state index is 12.0. The largest absolute Gasteiger partial charge is 0.506 e. The fourth-order valence-corrected chi connectivity index (χ4v) is 2.11. The normalized spacial score (nSPS) is 10.1. The number of phenolic OH excluding ortho intramolecular Hbond substituents is 1. The summed E-state index contributed by atoms with van der Waals surface area (Å²) in [7, 11) is 0. The lowest BCUT2D eigenvalue weighted by atomic mass is 10.1. The fourth-order valence-electron chi connectivity index (χ4n) is 2.11. The van der Waals surface area contributed by atoms with Gasteiger partial charge in [0.15, 0.2) is 0 Å². The second-order valence-electron chi connectivity index (χ2n) is 5.20. The molecule has 0 saturated carbocycles. The van der Waals surface area contributed by atoms with Gasteiger partial charge >= 0.3 is 11.8 Å². The predicted molar refractivity (Wildman–Crippen MR) is 86.0 cm³/mol. The van der Waals surface area contributed by atoms with Crippen LogP contribution in [0.15, 0.2) is 36.4 Å². The molecule has 0 aliphatic carbocycles. The number of hydrogen-bond donors (Lipinski definition) is 3. The molecule has 5 nitrogen and oxygen atoms in total. The lowest BCUT2D eigenvalue weighted by Gasteiger charge is -2.12. The van der Waals surface area contributed by atoms with Gasteiger partial charge in [-0.2, -0.15) is 0 Å². The number of amides is 2. The zero-order chi connectivity index (χ0) is 16.3. The molecule has 3 N–H and O–H groups in total. The highest BCUT2D eigenvalue weighted by Crippen LogP contribution is 2.24. The Hall–Kier alpha value is -2.82. The molecule has 0 bridgehead atoms. The van der Waals surface area contributed by atoms with E-state index in [0.717, 1.165) is 16.7 Å². The Balaban J connectivity index is 2.13. The molecule has 0 unspecified atom stereocenters. The number of carbonyl (C=O) groups is 2. The van der Waals surface area contributed by atoms with E-state index >= 15 is 0 Å². The first-order chi connectivity index (χ1) is 10.4. The van der Waals surface area contributed by atoms with Crippen LogP contribution < -0.4 is 10.6 Å². The Morgan fingerprint density at radius 3 is 2.14 bits per heavy atom. The summed E-state index contributed by atoms with van der Waals surface area (Å²) in [6.45, 7) is 5.53. The van der Waals surface area contributed by atoms with Gasteiger partial charge in [0.1, 0.15) is 5.75 Å². The lowest BCUT2D eigenvalue weighted by Crippen LogP contribution is -2.29. The molecule has 5 heteroatoms. The molecule has 114 valence electrons. The minimum Gasteiger partial charge on any atom is -0.506 e. The van der Waals surface area contributed by atoms with Crippen molar-refractivity contribution >= 4 is 23.2 Å². The molecule has 0 radical (unpaired) electrons. The Morgan fingerprint density at radius 2 is 1.50 bits per heavy atom. The number of para-hydroxylation sites is 1. The Kier molecular flexibility index (Phi) is 4.46. The zero-order valence-electron chi connectivity index (χ0n) is 12.7. The van der Waals surface area contributed by atoms with Gasteiger partial charge in [-0.05, 0) is 49.6 Å². The maximum atomic E-state index is 12.0. The highest BCUT2D eigenvalue weighted by Gasteiger charge is 2.17. The molecular formula is C17H18N2O3. The zero-order valence-corrected chi connectivity index (χ0v) is 12.7. The molecule has 0 saturated heterocycles. The van der Waals surface area contributed by atoms with Crippen LogP contribution in [0, 0.1) is 20.8 Å². The van der Waals surface area contributed by atoms with Crippen molar-refractivity contribution in [2.45, 2.75) is 20.8 Å². The summed E-state index contributed by atoms with van der Waals surface area (Å²) in [5, 5.41) is 14.7. The van der Waals surface area contributed by atoms with Gasteiger partial charge in [0.2, 0.25) is 0 Å². The molecular weight excluding hydrogens is 280 g/mol. The van der Waals surface area contributed by atoms with E-state index in [1.807, 2.05) is 39.0 Å². The summed E-state index contributed by atoms with van der Waals surface area (Å²) in [4.78, 5) is 24.0. The molecule has 2 amide bonds. The lowest BCUT2D eigenvalue weighted by molar-refractivity contribution is -0.133. The topological polar surface area (TPSA) is 78.4 Å². The minimum atomic E-state index is -0.830. The first kappa shape index (κ1) is 15.6. The summed E-state index contributed by atoms with van der Waals surface area (Å²) >= 11 is 0. The quantitative estimate of drug-likeness (QED) is 0.589. The van der Waals surface area contributed by atoms with Crippen LogP contribution in [0.2, 0.25) is 0 Å². The van der Waals surface area contributed by atoms with Crippen LogP contribution in [-0.4, -0.2) is 16.9 Å². The van der Waals surface area contributed by atoms with E-state index in [1.165, 1.54) is 6.07 Å². The second-order valence-corrected chi connectivity index (χ2v) is 5.20. The van der Waals surface area contributed by atoms with E-state index in [-0.39, 0.29) is 11.4 Å². The molecule has 0 aliphatic rings. The highest BCUT2D eigenvalue weighted by molar-refractivity contribution is 6.43. The molecule has 0 heterocycles. The van der Waals surface area contributed by atoms with Crippen molar-refractivity contribution in [3.05, 3.63) is 53.1 Å². The smallest absolute Gasteiger partial charge is 0.314 e. The summed E-state index contributed by atoms with van der Waals surface area (Å²) in [5.74, 6) is -1.69.